The second-order valence-corrected chi connectivity index (χ2v) is 5.24. The Balaban J connectivity index is 1.88. The number of hydrogen-bond donors (Lipinski definition) is 1. The maximum Gasteiger partial charge on any atom is 0.326 e. The summed E-state index contributed by atoms with van der Waals surface area (Å²) in [7, 11) is 1.51. The van der Waals surface area contributed by atoms with Gasteiger partial charge in [0.2, 0.25) is 0 Å². The van der Waals surface area contributed by atoms with Gasteiger partial charge in [0.25, 0.3) is 5.91 Å². The summed E-state index contributed by atoms with van der Waals surface area (Å²) in [6.07, 6.45) is 3.32. The molecule has 0 bridgehead atoms. The maximum absolute atomic E-state index is 12.7. The monoisotopic (exact) mass is 316 g/mol. The number of carbonyl (C=O) groups is 2. The van der Waals surface area contributed by atoms with E-state index < -0.39 is 17.9 Å². The van der Waals surface area contributed by atoms with E-state index in [0.29, 0.717) is 5.82 Å². The fourth-order valence-electron chi connectivity index (χ4n) is 2.65. The van der Waals surface area contributed by atoms with Crippen molar-refractivity contribution in [1.29, 1.82) is 0 Å². The number of carbonyl (C=O) groups excluding carboxylic acids is 1. The first-order valence-electron chi connectivity index (χ1n) is 7.14. The summed E-state index contributed by atoms with van der Waals surface area (Å²) in [5.41, 5.74) is 0.181. The molecule has 1 aliphatic heterocycles. The Kier molecular flexibility index (Phi) is 4.07. The molecule has 0 spiro atoms. The van der Waals surface area contributed by atoms with Crippen molar-refractivity contribution in [2.75, 3.05) is 13.7 Å². The van der Waals surface area contributed by atoms with Crippen LogP contribution in [0.25, 0.3) is 5.82 Å². The van der Waals surface area contributed by atoms with Gasteiger partial charge in [0.1, 0.15) is 11.7 Å². The Morgan fingerprint density at radius 3 is 2.83 bits per heavy atom. The first-order valence-corrected chi connectivity index (χ1v) is 7.14. The highest BCUT2D eigenvalue weighted by molar-refractivity contribution is 5.95. The van der Waals surface area contributed by atoms with E-state index in [1.165, 1.54) is 16.7 Å². The van der Waals surface area contributed by atoms with Crippen LogP contribution in [0.2, 0.25) is 0 Å². The highest BCUT2D eigenvalue weighted by Crippen LogP contribution is 2.22. The Labute approximate surface area is 132 Å². The normalized spacial score (nSPS) is 20.7. The van der Waals surface area contributed by atoms with Gasteiger partial charge in [-0.25, -0.2) is 14.5 Å². The lowest BCUT2D eigenvalue weighted by Crippen LogP contribution is -2.41. The molecule has 1 saturated heterocycles. The molecule has 1 amide bonds. The van der Waals surface area contributed by atoms with Crippen molar-refractivity contribution >= 4 is 11.9 Å². The summed E-state index contributed by atoms with van der Waals surface area (Å²) in [5.74, 6) is -0.970. The van der Waals surface area contributed by atoms with E-state index in [-0.39, 0.29) is 24.8 Å². The molecule has 8 nitrogen and oxygen atoms in total. The molecule has 120 valence electrons. The van der Waals surface area contributed by atoms with Gasteiger partial charge < -0.3 is 14.7 Å². The summed E-state index contributed by atoms with van der Waals surface area (Å²) in [4.78, 5) is 29.6. The van der Waals surface area contributed by atoms with Crippen LogP contribution < -0.4 is 0 Å². The third kappa shape index (κ3) is 2.93. The van der Waals surface area contributed by atoms with Crippen molar-refractivity contribution in [3.05, 3.63) is 42.4 Å². The van der Waals surface area contributed by atoms with Crippen LogP contribution in [0.4, 0.5) is 0 Å². The molecule has 3 heterocycles. The number of rotatable bonds is 4. The number of hydrogen-bond acceptors (Lipinski definition) is 5. The van der Waals surface area contributed by atoms with Crippen LogP contribution in [0.3, 0.4) is 0 Å². The van der Waals surface area contributed by atoms with Gasteiger partial charge in [-0.15, -0.1) is 0 Å². The Morgan fingerprint density at radius 1 is 1.35 bits per heavy atom. The molecule has 0 saturated carbocycles. The van der Waals surface area contributed by atoms with Crippen molar-refractivity contribution in [2.24, 2.45) is 0 Å². The largest absolute Gasteiger partial charge is 0.480 e. The van der Waals surface area contributed by atoms with E-state index in [9.17, 15) is 14.7 Å². The fourth-order valence-corrected chi connectivity index (χ4v) is 2.65. The molecule has 0 aliphatic carbocycles. The Morgan fingerprint density at radius 2 is 2.17 bits per heavy atom. The van der Waals surface area contributed by atoms with Crippen molar-refractivity contribution in [2.45, 2.75) is 18.6 Å². The number of methoxy groups -OCH3 is 1. The highest BCUT2D eigenvalue weighted by Gasteiger charge is 2.40. The lowest BCUT2D eigenvalue weighted by Gasteiger charge is -2.20. The molecule has 0 aromatic carbocycles. The van der Waals surface area contributed by atoms with Gasteiger partial charge in [-0.2, -0.15) is 5.10 Å². The van der Waals surface area contributed by atoms with Gasteiger partial charge in [0, 0.05) is 32.5 Å². The maximum atomic E-state index is 12.7. The average molecular weight is 316 g/mol. The number of nitrogens with zero attached hydrogens (tertiary/aromatic N) is 4. The first kappa shape index (κ1) is 15.2. The van der Waals surface area contributed by atoms with Crippen LogP contribution in [0, 0.1) is 0 Å². The number of aromatic nitrogens is 3. The zero-order valence-corrected chi connectivity index (χ0v) is 12.5. The van der Waals surface area contributed by atoms with Gasteiger partial charge in [-0.3, -0.25) is 4.79 Å². The minimum atomic E-state index is -1.04. The first-order chi connectivity index (χ1) is 11.1. The van der Waals surface area contributed by atoms with E-state index in [2.05, 4.69) is 10.1 Å². The number of likely N-dealkylation sites (tertiary alicyclic amines) is 1. The van der Waals surface area contributed by atoms with Crippen LogP contribution in [-0.2, 0) is 9.53 Å². The molecular formula is C15H16N4O4. The van der Waals surface area contributed by atoms with Crippen molar-refractivity contribution < 1.29 is 19.4 Å². The number of carboxylic acids is 1. The van der Waals surface area contributed by atoms with Crippen LogP contribution in [-0.4, -0.2) is 62.4 Å². The SMILES string of the molecule is COC1CC(C(=O)O)N(C(=O)c2cccc(-n3cccn3)n2)C1. The molecule has 3 rings (SSSR count). The summed E-state index contributed by atoms with van der Waals surface area (Å²) >= 11 is 0. The third-order valence-corrected chi connectivity index (χ3v) is 3.83. The summed E-state index contributed by atoms with van der Waals surface area (Å²) in [5, 5.41) is 13.4. The van der Waals surface area contributed by atoms with Crippen LogP contribution in [0.5, 0.6) is 0 Å². The minimum Gasteiger partial charge on any atom is -0.480 e. The van der Waals surface area contributed by atoms with Crippen LogP contribution in [0.15, 0.2) is 36.7 Å². The molecule has 0 radical (unpaired) electrons. The number of carboxylic acid groups (broad SMARTS) is 1. The molecule has 23 heavy (non-hydrogen) atoms. The molecule has 1 fully saturated rings. The van der Waals surface area contributed by atoms with Crippen molar-refractivity contribution in [3.8, 4) is 5.82 Å². The van der Waals surface area contributed by atoms with Gasteiger partial charge in [-0.1, -0.05) is 6.07 Å². The average Bonchev–Trinajstić information content (AvgIpc) is 3.23. The lowest BCUT2D eigenvalue weighted by atomic mass is 10.2. The van der Waals surface area contributed by atoms with E-state index in [4.69, 9.17) is 4.74 Å². The second-order valence-electron chi connectivity index (χ2n) is 5.24. The fraction of sp³-hybridized carbons (Fsp3) is 0.333. The predicted molar refractivity (Wildman–Crippen MR) is 79.2 cm³/mol. The summed E-state index contributed by atoms with van der Waals surface area (Å²) in [6, 6.07) is 5.83. The minimum absolute atomic E-state index is 0.181. The summed E-state index contributed by atoms with van der Waals surface area (Å²) < 4.78 is 6.73. The Bertz CT molecular complexity index is 716. The predicted octanol–water partition coefficient (Wildman–Crippen LogP) is 0.581. The Hall–Kier alpha value is -2.74. The highest BCUT2D eigenvalue weighted by atomic mass is 16.5. The van der Waals surface area contributed by atoms with Gasteiger partial charge in [-0.05, 0) is 18.2 Å². The summed E-state index contributed by atoms with van der Waals surface area (Å²) in [6.45, 7) is 0.236. The van der Waals surface area contributed by atoms with E-state index >= 15 is 0 Å². The van der Waals surface area contributed by atoms with Gasteiger partial charge in [0.15, 0.2) is 5.82 Å². The van der Waals surface area contributed by atoms with Crippen molar-refractivity contribution in [1.82, 2.24) is 19.7 Å². The molecule has 2 aromatic heterocycles. The molecule has 1 aliphatic rings. The smallest absolute Gasteiger partial charge is 0.326 e. The topological polar surface area (TPSA) is 97.6 Å². The number of aliphatic carboxylic acids is 1. The molecule has 8 heteroatoms. The van der Waals surface area contributed by atoms with E-state index in [1.54, 1.807) is 36.7 Å². The van der Waals surface area contributed by atoms with Crippen LogP contribution >= 0.6 is 0 Å². The number of pyridine rings is 1. The van der Waals surface area contributed by atoms with E-state index in [1.807, 2.05) is 0 Å². The van der Waals surface area contributed by atoms with Crippen LogP contribution in [0.1, 0.15) is 16.9 Å². The zero-order valence-electron chi connectivity index (χ0n) is 12.5. The van der Waals surface area contributed by atoms with Gasteiger partial charge in [0.05, 0.1) is 6.10 Å². The third-order valence-electron chi connectivity index (χ3n) is 3.83. The number of ether oxygens (including phenoxy) is 1. The molecule has 2 atom stereocenters. The molecule has 2 unspecified atom stereocenters. The van der Waals surface area contributed by atoms with Gasteiger partial charge >= 0.3 is 5.97 Å². The quantitative estimate of drug-likeness (QED) is 0.886. The zero-order chi connectivity index (χ0) is 16.4. The molecule has 2 aromatic rings. The van der Waals surface area contributed by atoms with Crippen molar-refractivity contribution in [3.63, 3.8) is 0 Å². The molecular weight excluding hydrogens is 300 g/mol. The standard InChI is InChI=1S/C15H16N4O4/c1-23-10-8-12(15(21)22)18(9-10)14(20)11-4-2-5-13(17-11)19-7-3-6-16-19/h2-7,10,12H,8-9H2,1H3,(H,21,22). The van der Waals surface area contributed by atoms with E-state index in [0.717, 1.165) is 0 Å². The lowest BCUT2D eigenvalue weighted by molar-refractivity contribution is -0.141. The number of amides is 1. The molecule has 1 N–H and O–H groups in total. The second kappa shape index (κ2) is 6.17.